The molecule has 106 valence electrons. The van der Waals surface area contributed by atoms with Crippen molar-refractivity contribution in [3.8, 4) is 0 Å². The van der Waals surface area contributed by atoms with Gasteiger partial charge in [0, 0.05) is 18.2 Å². The van der Waals surface area contributed by atoms with Crippen LogP contribution in [0.1, 0.15) is 51.3 Å². The normalized spacial score (nSPS) is 29.4. The molecule has 2 rings (SSSR count). The minimum atomic E-state index is -0.575. The number of nitrogens with two attached hydrogens (primary N) is 1. The number of nitrogens with zero attached hydrogens (tertiary/aromatic N) is 2. The maximum atomic E-state index is 10.7. The van der Waals surface area contributed by atoms with Crippen molar-refractivity contribution in [2.75, 3.05) is 6.54 Å². The molecule has 0 aliphatic heterocycles. The Morgan fingerprint density at radius 3 is 2.58 bits per heavy atom. The molecule has 1 aliphatic carbocycles. The fraction of sp³-hybridized carbons (Fsp3) is 0.733. The molecule has 0 bridgehead atoms. The third-order valence-corrected chi connectivity index (χ3v) is 4.84. The molecular formula is C15H25N3O. The largest absolute Gasteiger partial charge is 0.386 e. The summed E-state index contributed by atoms with van der Waals surface area (Å²) in [5.41, 5.74) is 6.48. The van der Waals surface area contributed by atoms with Crippen LogP contribution in [0.15, 0.2) is 18.6 Å². The Morgan fingerprint density at radius 2 is 2.11 bits per heavy atom. The van der Waals surface area contributed by atoms with Gasteiger partial charge in [-0.05, 0) is 43.6 Å². The van der Waals surface area contributed by atoms with Crippen LogP contribution in [0, 0.1) is 17.3 Å². The Labute approximate surface area is 115 Å². The van der Waals surface area contributed by atoms with Crippen molar-refractivity contribution in [1.82, 2.24) is 9.97 Å². The highest BCUT2D eigenvalue weighted by atomic mass is 16.3. The van der Waals surface area contributed by atoms with E-state index in [1.54, 1.807) is 12.3 Å². The first kappa shape index (κ1) is 14.4. The van der Waals surface area contributed by atoms with Gasteiger partial charge < -0.3 is 10.8 Å². The molecule has 0 spiro atoms. The first-order valence-electron chi connectivity index (χ1n) is 7.23. The van der Waals surface area contributed by atoms with Gasteiger partial charge >= 0.3 is 0 Å². The summed E-state index contributed by atoms with van der Waals surface area (Å²) in [5, 5.41) is 10.7. The van der Waals surface area contributed by atoms with Crippen LogP contribution in [-0.4, -0.2) is 21.6 Å². The van der Waals surface area contributed by atoms with Crippen molar-refractivity contribution in [1.29, 1.82) is 0 Å². The Balaban J connectivity index is 2.12. The van der Waals surface area contributed by atoms with Gasteiger partial charge in [0.15, 0.2) is 0 Å². The molecule has 1 aromatic heterocycles. The summed E-state index contributed by atoms with van der Waals surface area (Å²) in [4.78, 5) is 8.09. The van der Waals surface area contributed by atoms with Crippen LogP contribution in [0.2, 0.25) is 0 Å². The summed E-state index contributed by atoms with van der Waals surface area (Å²) in [6.07, 6.45) is 6.86. The molecule has 1 fully saturated rings. The van der Waals surface area contributed by atoms with Crippen LogP contribution in [0.4, 0.5) is 0 Å². The molecule has 1 saturated carbocycles. The van der Waals surface area contributed by atoms with E-state index >= 15 is 0 Å². The summed E-state index contributed by atoms with van der Waals surface area (Å²) in [6, 6.07) is 1.79. The van der Waals surface area contributed by atoms with E-state index in [-0.39, 0.29) is 5.41 Å². The number of hydrogen-bond donors (Lipinski definition) is 2. The third-order valence-electron chi connectivity index (χ3n) is 4.84. The second-order valence-electron chi connectivity index (χ2n) is 6.18. The highest BCUT2D eigenvalue weighted by Gasteiger charge is 2.41. The number of hydrogen-bond acceptors (Lipinski definition) is 4. The maximum Gasteiger partial charge on any atom is 0.115 e. The van der Waals surface area contributed by atoms with E-state index in [9.17, 15) is 5.11 Å². The van der Waals surface area contributed by atoms with Crippen LogP contribution in [0.25, 0.3) is 0 Å². The van der Waals surface area contributed by atoms with Crippen LogP contribution in [-0.2, 0) is 0 Å². The predicted octanol–water partition coefficient (Wildman–Crippen LogP) is 2.30. The number of aliphatic hydroxyl groups is 1. The molecule has 1 aromatic rings. The zero-order chi connectivity index (χ0) is 13.9. The standard InChI is InChI=1S/C15H25N3O/c1-11(2)12-3-6-15(9-16,7-4-12)14(19)13-5-8-17-10-18-13/h5,8,10-12,14,19H,3-4,6-7,9,16H2,1-2H3. The Kier molecular flexibility index (Phi) is 4.53. The molecule has 0 amide bonds. The molecule has 1 unspecified atom stereocenters. The van der Waals surface area contributed by atoms with E-state index in [0.29, 0.717) is 18.2 Å². The van der Waals surface area contributed by atoms with Gasteiger partial charge in [-0.2, -0.15) is 0 Å². The molecule has 1 heterocycles. The van der Waals surface area contributed by atoms with E-state index in [1.165, 1.54) is 6.33 Å². The molecule has 0 saturated heterocycles. The molecule has 3 N–H and O–H groups in total. The van der Waals surface area contributed by atoms with Crippen molar-refractivity contribution in [2.24, 2.45) is 23.0 Å². The zero-order valence-electron chi connectivity index (χ0n) is 11.9. The molecule has 4 heteroatoms. The molecule has 0 aromatic carbocycles. The summed E-state index contributed by atoms with van der Waals surface area (Å²) in [6.45, 7) is 5.07. The highest BCUT2D eigenvalue weighted by Crippen LogP contribution is 2.47. The first-order valence-corrected chi connectivity index (χ1v) is 7.23. The Morgan fingerprint density at radius 1 is 1.42 bits per heavy atom. The average Bonchev–Trinajstić information content (AvgIpc) is 2.47. The topological polar surface area (TPSA) is 72.0 Å². The van der Waals surface area contributed by atoms with Gasteiger partial charge in [0.25, 0.3) is 0 Å². The average molecular weight is 263 g/mol. The summed E-state index contributed by atoms with van der Waals surface area (Å²) >= 11 is 0. The van der Waals surface area contributed by atoms with E-state index < -0.39 is 6.10 Å². The smallest absolute Gasteiger partial charge is 0.115 e. The summed E-state index contributed by atoms with van der Waals surface area (Å²) < 4.78 is 0. The van der Waals surface area contributed by atoms with Gasteiger partial charge in [0.2, 0.25) is 0 Å². The second-order valence-corrected chi connectivity index (χ2v) is 6.18. The molecule has 1 aliphatic rings. The fourth-order valence-corrected chi connectivity index (χ4v) is 3.25. The van der Waals surface area contributed by atoms with Crippen molar-refractivity contribution in [3.63, 3.8) is 0 Å². The lowest BCUT2D eigenvalue weighted by atomic mass is 9.64. The van der Waals surface area contributed by atoms with Gasteiger partial charge in [-0.1, -0.05) is 13.8 Å². The third kappa shape index (κ3) is 2.95. The SMILES string of the molecule is CC(C)C1CCC(CN)(C(O)c2ccncn2)CC1. The van der Waals surface area contributed by atoms with E-state index in [4.69, 9.17) is 5.73 Å². The van der Waals surface area contributed by atoms with Crippen LogP contribution in [0.3, 0.4) is 0 Å². The van der Waals surface area contributed by atoms with Crippen LogP contribution in [0.5, 0.6) is 0 Å². The molecule has 0 radical (unpaired) electrons. The van der Waals surface area contributed by atoms with Gasteiger partial charge in [-0.25, -0.2) is 9.97 Å². The molecular weight excluding hydrogens is 238 g/mol. The van der Waals surface area contributed by atoms with E-state index in [2.05, 4.69) is 23.8 Å². The number of aromatic nitrogens is 2. The Bertz CT molecular complexity index is 386. The van der Waals surface area contributed by atoms with Crippen molar-refractivity contribution >= 4 is 0 Å². The lowest BCUT2D eigenvalue weighted by Crippen LogP contribution is -2.41. The minimum Gasteiger partial charge on any atom is -0.386 e. The lowest BCUT2D eigenvalue weighted by Gasteiger charge is -2.43. The van der Waals surface area contributed by atoms with Gasteiger partial charge in [0.1, 0.15) is 12.4 Å². The first-order chi connectivity index (χ1) is 9.09. The monoisotopic (exact) mass is 263 g/mol. The van der Waals surface area contributed by atoms with E-state index in [0.717, 1.165) is 31.6 Å². The fourth-order valence-electron chi connectivity index (χ4n) is 3.25. The number of rotatable bonds is 4. The molecule has 19 heavy (non-hydrogen) atoms. The quantitative estimate of drug-likeness (QED) is 0.874. The van der Waals surface area contributed by atoms with Crippen molar-refractivity contribution < 1.29 is 5.11 Å². The van der Waals surface area contributed by atoms with Gasteiger partial charge in [-0.3, -0.25) is 0 Å². The summed E-state index contributed by atoms with van der Waals surface area (Å²) in [5.74, 6) is 1.48. The zero-order valence-corrected chi connectivity index (χ0v) is 11.9. The Hall–Kier alpha value is -1.00. The number of aliphatic hydroxyl groups excluding tert-OH is 1. The second kappa shape index (κ2) is 5.97. The molecule has 4 nitrogen and oxygen atoms in total. The predicted molar refractivity (Wildman–Crippen MR) is 75.3 cm³/mol. The molecule has 1 atom stereocenters. The lowest BCUT2D eigenvalue weighted by molar-refractivity contribution is -0.0174. The maximum absolute atomic E-state index is 10.7. The van der Waals surface area contributed by atoms with Crippen molar-refractivity contribution in [3.05, 3.63) is 24.3 Å². The van der Waals surface area contributed by atoms with Crippen LogP contribution < -0.4 is 5.73 Å². The van der Waals surface area contributed by atoms with Gasteiger partial charge in [0.05, 0.1) is 5.69 Å². The highest BCUT2D eigenvalue weighted by molar-refractivity contribution is 5.09. The van der Waals surface area contributed by atoms with Crippen molar-refractivity contribution in [2.45, 2.75) is 45.6 Å². The van der Waals surface area contributed by atoms with E-state index in [1.807, 2.05) is 0 Å². The van der Waals surface area contributed by atoms with Crippen LogP contribution >= 0.6 is 0 Å². The summed E-state index contributed by atoms with van der Waals surface area (Å²) in [7, 11) is 0. The minimum absolute atomic E-state index is 0.209. The van der Waals surface area contributed by atoms with Gasteiger partial charge in [-0.15, -0.1) is 0 Å².